The van der Waals surface area contributed by atoms with Gasteiger partial charge in [-0.2, -0.15) is 0 Å². The number of aromatic nitrogens is 2. The van der Waals surface area contributed by atoms with E-state index in [1.165, 1.54) is 22.0 Å². The molecule has 0 fully saturated rings. The number of H-pyrrole nitrogens is 1. The topological polar surface area (TPSA) is 110 Å². The summed E-state index contributed by atoms with van der Waals surface area (Å²) in [7, 11) is 1.55. The zero-order valence-electron chi connectivity index (χ0n) is 9.23. The Morgan fingerprint density at radius 3 is 2.81 bits per heavy atom. The Hall–Kier alpha value is -2.02. The number of hydrogen-bond acceptors (Lipinski definition) is 5. The summed E-state index contributed by atoms with van der Waals surface area (Å²) in [4.78, 5) is 24.7. The van der Waals surface area contributed by atoms with Crippen LogP contribution in [0.25, 0.3) is 0 Å². The fraction of sp³-hybridized carbons (Fsp3) is 0.333. The number of hydrogen-bond donors (Lipinski definition) is 3. The molecule has 0 saturated heterocycles. The van der Waals surface area contributed by atoms with Crippen molar-refractivity contribution in [1.29, 1.82) is 0 Å². The lowest BCUT2D eigenvalue weighted by molar-refractivity contribution is 0.379. The quantitative estimate of drug-likeness (QED) is 0.431. The highest BCUT2D eigenvalue weighted by atomic mass is 16.2. The summed E-state index contributed by atoms with van der Waals surface area (Å²) < 4.78 is 1.28. The molecule has 0 aliphatic rings. The number of nitrogens with zero attached hydrogens (tertiary/aromatic N) is 2. The maximum Gasteiger partial charge on any atom is 0.328 e. The van der Waals surface area contributed by atoms with E-state index in [0.29, 0.717) is 11.3 Å². The van der Waals surface area contributed by atoms with Crippen molar-refractivity contribution < 1.29 is 0 Å². The Kier molecular flexibility index (Phi) is 3.51. The number of aromatic amines is 1. The lowest BCUT2D eigenvalue weighted by Gasteiger charge is -2.13. The van der Waals surface area contributed by atoms with E-state index in [1.807, 2.05) is 0 Å². The standard InChI is InChI=1S/C9H15N5O2/c1-6(10)3-14(11)5-7-4-13(2)9(16)12-8(7)15/h3-4H,5,10-11H2,1-2H3,(H,12,15,16)/b6-3-. The molecule has 0 spiro atoms. The van der Waals surface area contributed by atoms with Gasteiger partial charge in [-0.1, -0.05) is 0 Å². The molecule has 0 radical (unpaired) electrons. The van der Waals surface area contributed by atoms with Crippen LogP contribution in [0.3, 0.4) is 0 Å². The van der Waals surface area contributed by atoms with Crippen molar-refractivity contribution in [3.05, 3.63) is 44.5 Å². The van der Waals surface area contributed by atoms with Crippen LogP contribution in [0.15, 0.2) is 27.7 Å². The first-order valence-corrected chi connectivity index (χ1v) is 4.64. The molecule has 0 bridgehead atoms. The molecular formula is C9H15N5O2. The highest BCUT2D eigenvalue weighted by Gasteiger charge is 2.04. The zero-order valence-corrected chi connectivity index (χ0v) is 9.23. The summed E-state index contributed by atoms with van der Waals surface area (Å²) in [6.45, 7) is 1.86. The molecule has 0 aromatic carbocycles. The zero-order chi connectivity index (χ0) is 12.3. The number of aryl methyl sites for hydroxylation is 1. The first-order valence-electron chi connectivity index (χ1n) is 4.64. The van der Waals surface area contributed by atoms with E-state index in [-0.39, 0.29) is 6.54 Å². The molecule has 0 aliphatic heterocycles. The Balaban J connectivity index is 2.99. The first-order chi connectivity index (χ1) is 7.40. The number of rotatable bonds is 3. The van der Waals surface area contributed by atoms with E-state index < -0.39 is 11.2 Å². The summed E-state index contributed by atoms with van der Waals surface area (Å²) in [5, 5.41) is 1.28. The third-order valence-corrected chi connectivity index (χ3v) is 1.90. The van der Waals surface area contributed by atoms with E-state index in [9.17, 15) is 9.59 Å². The average molecular weight is 225 g/mol. The predicted octanol–water partition coefficient (Wildman–Crippen LogP) is -1.43. The monoisotopic (exact) mass is 225 g/mol. The highest BCUT2D eigenvalue weighted by Crippen LogP contribution is 1.94. The van der Waals surface area contributed by atoms with E-state index in [2.05, 4.69) is 4.98 Å². The van der Waals surface area contributed by atoms with E-state index in [4.69, 9.17) is 11.6 Å². The van der Waals surface area contributed by atoms with Crippen LogP contribution in [0.4, 0.5) is 0 Å². The lowest BCUT2D eigenvalue weighted by atomic mass is 10.3. The fourth-order valence-corrected chi connectivity index (χ4v) is 1.23. The third kappa shape index (κ3) is 2.99. The Labute approximate surface area is 91.9 Å². The maximum absolute atomic E-state index is 11.4. The van der Waals surface area contributed by atoms with Gasteiger partial charge in [0.15, 0.2) is 0 Å². The van der Waals surface area contributed by atoms with Gasteiger partial charge >= 0.3 is 5.69 Å². The molecular weight excluding hydrogens is 210 g/mol. The van der Waals surface area contributed by atoms with Gasteiger partial charge in [0, 0.05) is 25.1 Å². The molecule has 0 amide bonds. The van der Waals surface area contributed by atoms with Crippen molar-refractivity contribution in [2.75, 3.05) is 0 Å². The van der Waals surface area contributed by atoms with Gasteiger partial charge in [-0.05, 0) is 6.92 Å². The van der Waals surface area contributed by atoms with Crippen LogP contribution in [0.5, 0.6) is 0 Å². The van der Waals surface area contributed by atoms with Gasteiger partial charge in [0.05, 0.1) is 12.1 Å². The summed E-state index contributed by atoms with van der Waals surface area (Å²) in [5.74, 6) is 5.60. The molecule has 1 heterocycles. The van der Waals surface area contributed by atoms with Crippen molar-refractivity contribution in [1.82, 2.24) is 14.6 Å². The van der Waals surface area contributed by atoms with Crippen molar-refractivity contribution in [2.45, 2.75) is 13.5 Å². The Bertz CT molecular complexity index is 509. The van der Waals surface area contributed by atoms with E-state index in [1.54, 1.807) is 14.0 Å². The van der Waals surface area contributed by atoms with Crippen LogP contribution < -0.4 is 22.8 Å². The Morgan fingerprint density at radius 2 is 2.25 bits per heavy atom. The molecule has 1 aromatic heterocycles. The number of nitrogens with one attached hydrogen (secondary N) is 1. The van der Waals surface area contributed by atoms with Crippen LogP contribution in [0.2, 0.25) is 0 Å². The minimum atomic E-state index is -0.456. The summed E-state index contributed by atoms with van der Waals surface area (Å²) in [6, 6.07) is 0. The largest absolute Gasteiger partial charge is 0.401 e. The number of hydrazine groups is 1. The van der Waals surface area contributed by atoms with E-state index >= 15 is 0 Å². The normalized spacial score (nSPS) is 11.6. The fourth-order valence-electron chi connectivity index (χ4n) is 1.23. The van der Waals surface area contributed by atoms with Gasteiger partial charge in [0.2, 0.25) is 0 Å². The van der Waals surface area contributed by atoms with Gasteiger partial charge in [-0.15, -0.1) is 0 Å². The summed E-state index contributed by atoms with van der Waals surface area (Å²) in [6.07, 6.45) is 2.95. The van der Waals surface area contributed by atoms with Crippen LogP contribution in [-0.4, -0.2) is 14.6 Å². The minimum Gasteiger partial charge on any atom is -0.401 e. The molecule has 0 saturated carbocycles. The van der Waals surface area contributed by atoms with Crippen molar-refractivity contribution in [3.63, 3.8) is 0 Å². The molecule has 0 atom stereocenters. The summed E-state index contributed by atoms with van der Waals surface area (Å²) in [5.41, 5.74) is 5.46. The second-order valence-corrected chi connectivity index (χ2v) is 3.57. The first kappa shape index (κ1) is 12.1. The Morgan fingerprint density at radius 1 is 1.62 bits per heavy atom. The minimum absolute atomic E-state index is 0.179. The molecule has 1 rings (SSSR count). The van der Waals surface area contributed by atoms with Gasteiger partial charge in [-0.25, -0.2) is 10.6 Å². The van der Waals surface area contributed by atoms with Crippen LogP contribution in [0.1, 0.15) is 12.5 Å². The SMILES string of the molecule is C/C(N)=C/N(N)Cc1cn(C)c(=O)[nH]c1=O. The van der Waals surface area contributed by atoms with Gasteiger partial charge in [0.1, 0.15) is 0 Å². The van der Waals surface area contributed by atoms with Gasteiger partial charge in [-0.3, -0.25) is 9.78 Å². The highest BCUT2D eigenvalue weighted by molar-refractivity contribution is 5.05. The second-order valence-electron chi connectivity index (χ2n) is 3.57. The number of nitrogens with two attached hydrogens (primary N) is 2. The molecule has 88 valence electrons. The predicted molar refractivity (Wildman–Crippen MR) is 60.0 cm³/mol. The molecule has 7 nitrogen and oxygen atoms in total. The van der Waals surface area contributed by atoms with Crippen molar-refractivity contribution in [2.24, 2.45) is 18.6 Å². The smallest absolute Gasteiger partial charge is 0.328 e. The van der Waals surface area contributed by atoms with Crippen LogP contribution in [0, 0.1) is 0 Å². The van der Waals surface area contributed by atoms with E-state index in [0.717, 1.165) is 0 Å². The van der Waals surface area contributed by atoms with Gasteiger partial charge in [0.25, 0.3) is 5.56 Å². The molecule has 0 unspecified atom stereocenters. The maximum atomic E-state index is 11.4. The van der Waals surface area contributed by atoms with Crippen LogP contribution >= 0.6 is 0 Å². The lowest BCUT2D eigenvalue weighted by Crippen LogP contribution is -2.34. The molecule has 0 aliphatic carbocycles. The molecule has 16 heavy (non-hydrogen) atoms. The van der Waals surface area contributed by atoms with Crippen molar-refractivity contribution in [3.8, 4) is 0 Å². The van der Waals surface area contributed by atoms with Gasteiger partial charge < -0.3 is 15.3 Å². The second kappa shape index (κ2) is 4.67. The number of allylic oxidation sites excluding steroid dienone is 1. The van der Waals surface area contributed by atoms with Crippen molar-refractivity contribution >= 4 is 0 Å². The molecule has 1 aromatic rings. The average Bonchev–Trinajstić information content (AvgIpc) is 2.12. The van der Waals surface area contributed by atoms with Crippen LogP contribution in [-0.2, 0) is 13.6 Å². The third-order valence-electron chi connectivity index (χ3n) is 1.90. The molecule has 7 heteroatoms. The molecule has 5 N–H and O–H groups in total. The summed E-state index contributed by atoms with van der Waals surface area (Å²) >= 11 is 0.